The maximum Gasteiger partial charge on any atom is 0.407 e. The molecule has 1 aromatic carbocycles. The van der Waals surface area contributed by atoms with Crippen molar-refractivity contribution in [2.45, 2.75) is 36.2 Å². The van der Waals surface area contributed by atoms with E-state index in [4.69, 9.17) is 0 Å². The molecule has 1 N–H and O–H groups in total. The molecule has 0 fully saturated rings. The minimum absolute atomic E-state index is 0.0446. The third-order valence-electron chi connectivity index (χ3n) is 3.59. The lowest BCUT2D eigenvalue weighted by molar-refractivity contribution is -0.155. The second-order valence-corrected chi connectivity index (χ2v) is 9.87. The molecule has 0 aliphatic rings. The number of halogens is 3. The van der Waals surface area contributed by atoms with Crippen molar-refractivity contribution in [3.05, 3.63) is 29.8 Å². The van der Waals surface area contributed by atoms with Gasteiger partial charge in [0.2, 0.25) is 20.0 Å². The molecule has 13 heteroatoms. The number of nitrogens with zero attached hydrogens (tertiary/aromatic N) is 1. The fourth-order valence-electron chi connectivity index (χ4n) is 2.15. The second kappa shape index (κ2) is 9.20. The van der Waals surface area contributed by atoms with Gasteiger partial charge in [0.25, 0.3) is 0 Å². The van der Waals surface area contributed by atoms with Gasteiger partial charge in [0.15, 0.2) is 5.25 Å². The van der Waals surface area contributed by atoms with E-state index >= 15 is 0 Å². The van der Waals surface area contributed by atoms with Crippen molar-refractivity contribution in [2.24, 2.45) is 0 Å². The fraction of sp³-hybridized carbons (Fsp3) is 0.533. The number of hydrogen-bond donors (Lipinski definition) is 1. The molecule has 0 amide bonds. The van der Waals surface area contributed by atoms with Gasteiger partial charge in [-0.3, -0.25) is 4.79 Å². The normalized spacial score (nSPS) is 14.1. The summed E-state index contributed by atoms with van der Waals surface area (Å²) in [4.78, 5) is 11.1. The van der Waals surface area contributed by atoms with Crippen LogP contribution in [0.5, 0.6) is 0 Å². The van der Waals surface area contributed by atoms with E-state index in [1.54, 1.807) is 4.72 Å². The number of hydrogen-bond acceptors (Lipinski definition) is 6. The lowest BCUT2D eigenvalue weighted by Gasteiger charge is -2.21. The maximum atomic E-state index is 13.2. The van der Waals surface area contributed by atoms with E-state index < -0.39 is 50.4 Å². The van der Waals surface area contributed by atoms with Crippen molar-refractivity contribution < 1.29 is 39.5 Å². The third kappa shape index (κ3) is 6.15. The van der Waals surface area contributed by atoms with Gasteiger partial charge in [-0.25, -0.2) is 25.9 Å². The summed E-state index contributed by atoms with van der Waals surface area (Å²) >= 11 is 0. The largest absolute Gasteiger partial charge is 0.466 e. The van der Waals surface area contributed by atoms with E-state index in [9.17, 15) is 34.8 Å². The minimum atomic E-state index is -5.23. The molecule has 1 rings (SSSR count). The topological polar surface area (TPSA) is 110 Å². The first-order chi connectivity index (χ1) is 12.7. The van der Waals surface area contributed by atoms with Gasteiger partial charge in [-0.1, -0.05) is 18.2 Å². The number of nitrogens with one attached hydrogen (secondary N) is 1. The summed E-state index contributed by atoms with van der Waals surface area (Å²) in [5.74, 6) is -1.31. The first-order valence-electron chi connectivity index (χ1n) is 7.94. The molecule has 0 saturated heterocycles. The van der Waals surface area contributed by atoms with Crippen LogP contribution in [0.15, 0.2) is 29.2 Å². The maximum absolute atomic E-state index is 13.2. The number of ether oxygens (including phenoxy) is 1. The van der Waals surface area contributed by atoms with E-state index in [2.05, 4.69) is 4.74 Å². The zero-order valence-electron chi connectivity index (χ0n) is 15.4. The first kappa shape index (κ1) is 24.3. The number of alkyl halides is 3. The summed E-state index contributed by atoms with van der Waals surface area (Å²) < 4.78 is 95.6. The molecule has 0 spiro atoms. The average Bonchev–Trinajstić information content (AvgIpc) is 2.57. The molecule has 0 radical (unpaired) electrons. The Morgan fingerprint density at radius 1 is 1.18 bits per heavy atom. The van der Waals surface area contributed by atoms with Gasteiger partial charge < -0.3 is 4.74 Å². The van der Waals surface area contributed by atoms with E-state index in [1.165, 1.54) is 45.3 Å². The highest BCUT2D eigenvalue weighted by Crippen LogP contribution is 2.29. The smallest absolute Gasteiger partial charge is 0.407 e. The Hall–Kier alpha value is -1.70. The summed E-state index contributed by atoms with van der Waals surface area (Å²) in [6, 6.07) is 5.29. The Morgan fingerprint density at radius 2 is 1.75 bits per heavy atom. The number of carbonyl (C=O) groups excluding carboxylic acids is 1. The van der Waals surface area contributed by atoms with Crippen molar-refractivity contribution in [2.75, 3.05) is 20.7 Å². The number of carbonyl (C=O) groups is 1. The molecule has 0 aliphatic carbocycles. The molecule has 1 aromatic rings. The van der Waals surface area contributed by atoms with Crippen molar-refractivity contribution in [1.82, 2.24) is 9.03 Å². The Kier molecular flexibility index (Phi) is 8.00. The molecular formula is C15H21F3N2O6S2. The summed E-state index contributed by atoms with van der Waals surface area (Å²) in [6.07, 6.45) is -6.64. The van der Waals surface area contributed by atoms with Crippen LogP contribution >= 0.6 is 0 Å². The van der Waals surface area contributed by atoms with Gasteiger partial charge in [0.05, 0.1) is 17.9 Å². The van der Waals surface area contributed by atoms with Crippen molar-refractivity contribution >= 4 is 26.0 Å². The molecular weight excluding hydrogens is 425 g/mol. The molecule has 0 aromatic heterocycles. The zero-order chi connectivity index (χ0) is 21.8. The monoisotopic (exact) mass is 446 g/mol. The van der Waals surface area contributed by atoms with E-state index in [0.717, 1.165) is 4.31 Å². The predicted molar refractivity (Wildman–Crippen MR) is 94.2 cm³/mol. The van der Waals surface area contributed by atoms with Crippen molar-refractivity contribution in [3.8, 4) is 0 Å². The molecule has 0 saturated carbocycles. The average molecular weight is 446 g/mol. The lowest BCUT2D eigenvalue weighted by atomic mass is 10.2. The van der Waals surface area contributed by atoms with Crippen LogP contribution < -0.4 is 4.72 Å². The van der Waals surface area contributed by atoms with E-state index in [0.29, 0.717) is 0 Å². The van der Waals surface area contributed by atoms with Crippen molar-refractivity contribution in [3.63, 3.8) is 0 Å². The highest BCUT2D eigenvalue weighted by atomic mass is 32.2. The van der Waals surface area contributed by atoms with E-state index in [1.807, 2.05) is 0 Å². The molecule has 0 aliphatic heterocycles. The van der Waals surface area contributed by atoms with Crippen molar-refractivity contribution in [1.29, 1.82) is 0 Å². The van der Waals surface area contributed by atoms with Crippen LogP contribution in [0, 0.1) is 0 Å². The highest BCUT2D eigenvalue weighted by molar-refractivity contribution is 7.90. The first-order valence-corrected chi connectivity index (χ1v) is 10.9. The van der Waals surface area contributed by atoms with Crippen LogP contribution in [-0.2, 0) is 36.1 Å². The van der Waals surface area contributed by atoms with Gasteiger partial charge in [0, 0.05) is 20.6 Å². The summed E-state index contributed by atoms with van der Waals surface area (Å²) in [6.45, 7) is 0.461. The van der Waals surface area contributed by atoms with Crippen LogP contribution in [0.25, 0.3) is 0 Å². The zero-order valence-corrected chi connectivity index (χ0v) is 17.0. The molecule has 1 atom stereocenters. The quantitative estimate of drug-likeness (QED) is 0.572. The Morgan fingerprint density at radius 3 is 2.25 bits per heavy atom. The Labute approximate surface area is 161 Å². The lowest BCUT2D eigenvalue weighted by Crippen LogP contribution is -2.45. The molecule has 0 heterocycles. The second-order valence-electron chi connectivity index (χ2n) is 5.80. The summed E-state index contributed by atoms with van der Waals surface area (Å²) in [5, 5.41) is -3.03. The Bertz CT molecular complexity index is 899. The van der Waals surface area contributed by atoms with Gasteiger partial charge >= 0.3 is 12.1 Å². The molecule has 8 nitrogen and oxygen atoms in total. The van der Waals surface area contributed by atoms with Crippen LogP contribution in [0.3, 0.4) is 0 Å². The third-order valence-corrected chi connectivity index (χ3v) is 7.24. The van der Waals surface area contributed by atoms with Gasteiger partial charge in [-0.15, -0.1) is 0 Å². The molecule has 160 valence electrons. The standard InChI is InChI=1S/C15H21F3N2O6S2/c1-4-26-14(21)9-13(15(16,17)18)27(22,23)19-10-11-7-5-6-8-12(11)28(24,25)20(2)3/h5-8,13,19H,4,9-10H2,1-3H3/t13-/m0/s1. The molecule has 0 bridgehead atoms. The highest BCUT2D eigenvalue weighted by Gasteiger charge is 2.50. The van der Waals surface area contributed by atoms with Crippen LogP contribution in [0.1, 0.15) is 18.9 Å². The van der Waals surface area contributed by atoms with Crippen LogP contribution in [-0.4, -0.2) is 59.2 Å². The SMILES string of the molecule is CCOC(=O)C[C@@H](C(F)(F)F)S(=O)(=O)NCc1ccccc1S(=O)(=O)N(C)C. The number of esters is 1. The van der Waals surface area contributed by atoms with Gasteiger partial charge in [-0.05, 0) is 18.6 Å². The summed E-state index contributed by atoms with van der Waals surface area (Å²) in [7, 11) is -6.49. The van der Waals surface area contributed by atoms with Gasteiger partial charge in [-0.2, -0.15) is 13.2 Å². The number of sulfonamides is 2. The fourth-order valence-corrected chi connectivity index (χ4v) is 4.53. The predicted octanol–water partition coefficient (Wildman–Crippen LogP) is 1.24. The van der Waals surface area contributed by atoms with Crippen LogP contribution in [0.4, 0.5) is 13.2 Å². The number of rotatable bonds is 9. The van der Waals surface area contributed by atoms with Crippen LogP contribution in [0.2, 0.25) is 0 Å². The molecule has 0 unspecified atom stereocenters. The number of benzene rings is 1. The summed E-state index contributed by atoms with van der Waals surface area (Å²) in [5.41, 5.74) is -0.0446. The minimum Gasteiger partial charge on any atom is -0.466 e. The van der Waals surface area contributed by atoms with E-state index in [-0.39, 0.29) is 17.1 Å². The van der Waals surface area contributed by atoms with Gasteiger partial charge in [0.1, 0.15) is 0 Å². The Balaban J connectivity index is 3.15. The molecule has 28 heavy (non-hydrogen) atoms.